The van der Waals surface area contributed by atoms with E-state index in [0.29, 0.717) is 0 Å². The molecule has 0 heterocycles. The van der Waals surface area contributed by atoms with Gasteiger partial charge in [0.15, 0.2) is 0 Å². The maximum atomic E-state index is 4.04. The molecule has 0 aliphatic heterocycles. The van der Waals surface area contributed by atoms with Crippen molar-refractivity contribution in [3.8, 4) is 0 Å². The smallest absolute Gasteiger partial charge is 0.0411 e. The Balaban J connectivity index is 2.10. The van der Waals surface area contributed by atoms with Gasteiger partial charge in [-0.25, -0.2) is 0 Å². The average Bonchev–Trinajstić information content (AvgIpc) is 2.82. The van der Waals surface area contributed by atoms with E-state index < -0.39 is 0 Å². The van der Waals surface area contributed by atoms with E-state index in [1.54, 1.807) is 0 Å². The van der Waals surface area contributed by atoms with Crippen molar-refractivity contribution in [1.29, 1.82) is 0 Å². The van der Waals surface area contributed by atoms with Gasteiger partial charge < -0.3 is 4.90 Å². The minimum atomic E-state index is -0.0150. The van der Waals surface area contributed by atoms with Crippen molar-refractivity contribution in [2.24, 2.45) is 0 Å². The molecule has 0 saturated heterocycles. The third kappa shape index (κ3) is 2.50. The Labute approximate surface area is 145 Å². The van der Waals surface area contributed by atoms with Gasteiger partial charge in [0, 0.05) is 23.8 Å². The van der Waals surface area contributed by atoms with Crippen LogP contribution < -0.4 is 4.90 Å². The molecule has 1 nitrogen and oxygen atoms in total. The van der Waals surface area contributed by atoms with Crippen LogP contribution >= 0.6 is 0 Å². The van der Waals surface area contributed by atoms with E-state index in [9.17, 15) is 0 Å². The van der Waals surface area contributed by atoms with Gasteiger partial charge in [0.2, 0.25) is 0 Å². The number of hydrogen-bond donors (Lipinski definition) is 0. The van der Waals surface area contributed by atoms with Crippen molar-refractivity contribution in [2.75, 3.05) is 11.9 Å². The Morgan fingerprint density at radius 3 is 2.33 bits per heavy atom. The van der Waals surface area contributed by atoms with Gasteiger partial charge in [-0.1, -0.05) is 62.9 Å². The van der Waals surface area contributed by atoms with Gasteiger partial charge in [0.05, 0.1) is 0 Å². The van der Waals surface area contributed by atoms with Gasteiger partial charge >= 0.3 is 0 Å². The molecule has 0 bridgehead atoms. The second kappa shape index (κ2) is 6.16. The van der Waals surface area contributed by atoms with Crippen LogP contribution in [0.4, 0.5) is 11.4 Å². The van der Waals surface area contributed by atoms with E-state index in [4.69, 9.17) is 0 Å². The van der Waals surface area contributed by atoms with E-state index >= 15 is 0 Å². The molecule has 0 saturated carbocycles. The number of allylic oxidation sites excluding steroid dienone is 5. The number of nitrogens with zero attached hydrogens (tertiary/aromatic N) is 1. The van der Waals surface area contributed by atoms with Gasteiger partial charge in [-0.2, -0.15) is 0 Å². The Kier molecular flexibility index (Phi) is 4.19. The molecule has 0 radical (unpaired) electrons. The summed E-state index contributed by atoms with van der Waals surface area (Å²) in [5.41, 5.74) is 7.64. The summed E-state index contributed by atoms with van der Waals surface area (Å²) in [4.78, 5) is 2.23. The molecule has 2 aromatic rings. The normalized spacial score (nSPS) is 15.7. The molecule has 2 aromatic carbocycles. The fourth-order valence-corrected chi connectivity index (χ4v) is 3.61. The minimum absolute atomic E-state index is 0.0150. The first-order valence-corrected chi connectivity index (χ1v) is 8.44. The summed E-state index contributed by atoms with van der Waals surface area (Å²) >= 11 is 0. The standard InChI is InChI=1S/C23H25N/c1-6-11-21-19(7-2)20-15-14-18(16-22(20)23(21,3)4)24(5)17-12-9-8-10-13-17/h6-16H,2H2,1,3-5H3/b11-6-. The van der Waals surface area contributed by atoms with Crippen molar-refractivity contribution in [1.82, 2.24) is 0 Å². The van der Waals surface area contributed by atoms with Crippen molar-refractivity contribution in [2.45, 2.75) is 26.2 Å². The molecule has 1 heteroatoms. The van der Waals surface area contributed by atoms with Crippen LogP contribution in [-0.4, -0.2) is 7.05 Å². The molecule has 1 aliphatic carbocycles. The number of para-hydroxylation sites is 1. The van der Waals surface area contributed by atoms with Crippen LogP contribution in [0.15, 0.2) is 78.9 Å². The summed E-state index contributed by atoms with van der Waals surface area (Å²) < 4.78 is 0. The van der Waals surface area contributed by atoms with Crippen LogP contribution in [0.3, 0.4) is 0 Å². The molecule has 122 valence electrons. The first-order chi connectivity index (χ1) is 11.5. The summed E-state index contributed by atoms with van der Waals surface area (Å²) in [5, 5.41) is 0. The molecule has 1 aliphatic rings. The largest absolute Gasteiger partial charge is 0.345 e. The highest BCUT2D eigenvalue weighted by molar-refractivity contribution is 5.88. The zero-order valence-electron chi connectivity index (χ0n) is 15.0. The van der Waals surface area contributed by atoms with Crippen LogP contribution in [0.2, 0.25) is 0 Å². The van der Waals surface area contributed by atoms with E-state index in [2.05, 4.69) is 93.9 Å². The van der Waals surface area contributed by atoms with E-state index in [1.165, 1.54) is 33.6 Å². The highest BCUT2D eigenvalue weighted by Gasteiger charge is 2.35. The van der Waals surface area contributed by atoms with Crippen molar-refractivity contribution >= 4 is 16.9 Å². The fraction of sp³-hybridized carbons (Fsp3) is 0.217. The van der Waals surface area contributed by atoms with Gasteiger partial charge in [0.1, 0.15) is 0 Å². The van der Waals surface area contributed by atoms with E-state index in [1.807, 2.05) is 12.1 Å². The molecule has 24 heavy (non-hydrogen) atoms. The molecular formula is C23H25N. The number of hydrogen-bond acceptors (Lipinski definition) is 1. The zero-order chi connectivity index (χ0) is 17.3. The summed E-state index contributed by atoms with van der Waals surface area (Å²) in [5.74, 6) is 0. The lowest BCUT2D eigenvalue weighted by atomic mass is 9.81. The summed E-state index contributed by atoms with van der Waals surface area (Å²) in [6.45, 7) is 10.7. The zero-order valence-corrected chi connectivity index (χ0v) is 15.0. The SMILES string of the molecule is C=CC1=C(/C=C\C)C(C)(C)c2cc(N(C)c3ccccc3)ccc21. The van der Waals surface area contributed by atoms with Crippen LogP contribution in [0.5, 0.6) is 0 Å². The molecule has 0 aromatic heterocycles. The van der Waals surface area contributed by atoms with Crippen LogP contribution in [0, 0.1) is 0 Å². The monoisotopic (exact) mass is 315 g/mol. The van der Waals surface area contributed by atoms with Crippen LogP contribution in [0.25, 0.3) is 5.57 Å². The molecule has 3 rings (SSSR count). The van der Waals surface area contributed by atoms with Gasteiger partial charge in [-0.3, -0.25) is 0 Å². The van der Waals surface area contributed by atoms with E-state index in [0.717, 1.165) is 0 Å². The van der Waals surface area contributed by atoms with Gasteiger partial charge in [-0.05, 0) is 53.5 Å². The fourth-order valence-electron chi connectivity index (χ4n) is 3.61. The average molecular weight is 315 g/mol. The predicted octanol–water partition coefficient (Wildman–Crippen LogP) is 6.26. The molecular weight excluding hydrogens is 290 g/mol. The van der Waals surface area contributed by atoms with Gasteiger partial charge in [-0.15, -0.1) is 0 Å². The molecule has 0 unspecified atom stereocenters. The Bertz CT molecular complexity index is 822. The predicted molar refractivity (Wildman–Crippen MR) is 106 cm³/mol. The maximum absolute atomic E-state index is 4.04. The van der Waals surface area contributed by atoms with Crippen LogP contribution in [-0.2, 0) is 5.41 Å². The number of fused-ring (bicyclic) bond motifs is 1. The molecule has 0 fully saturated rings. The molecule has 0 amide bonds. The number of anilines is 2. The first-order valence-electron chi connectivity index (χ1n) is 8.44. The first kappa shape index (κ1) is 16.3. The Morgan fingerprint density at radius 1 is 1.00 bits per heavy atom. The maximum Gasteiger partial charge on any atom is 0.0411 e. The topological polar surface area (TPSA) is 3.24 Å². The van der Waals surface area contributed by atoms with E-state index in [-0.39, 0.29) is 5.41 Å². The summed E-state index contributed by atoms with van der Waals surface area (Å²) in [6, 6.07) is 17.2. The van der Waals surface area contributed by atoms with Crippen molar-refractivity contribution in [3.05, 3.63) is 90.0 Å². The van der Waals surface area contributed by atoms with Crippen molar-refractivity contribution < 1.29 is 0 Å². The quantitative estimate of drug-likeness (QED) is 0.643. The second-order valence-corrected chi connectivity index (χ2v) is 6.78. The van der Waals surface area contributed by atoms with Crippen molar-refractivity contribution in [3.63, 3.8) is 0 Å². The Morgan fingerprint density at radius 2 is 1.71 bits per heavy atom. The molecule has 0 atom stereocenters. The van der Waals surface area contributed by atoms with Crippen LogP contribution in [0.1, 0.15) is 31.9 Å². The lowest BCUT2D eigenvalue weighted by molar-refractivity contribution is 0.654. The third-order valence-electron chi connectivity index (χ3n) is 5.00. The highest BCUT2D eigenvalue weighted by atomic mass is 15.1. The third-order valence-corrected chi connectivity index (χ3v) is 5.00. The lowest BCUT2D eigenvalue weighted by Crippen LogP contribution is -2.17. The highest BCUT2D eigenvalue weighted by Crippen LogP contribution is 2.48. The minimum Gasteiger partial charge on any atom is -0.345 e. The Hall–Kier alpha value is -2.54. The molecule has 0 N–H and O–H groups in total. The number of rotatable bonds is 4. The second-order valence-electron chi connectivity index (χ2n) is 6.78. The summed E-state index contributed by atoms with van der Waals surface area (Å²) in [7, 11) is 2.12. The lowest BCUT2D eigenvalue weighted by Gasteiger charge is -2.26. The molecule has 0 spiro atoms. The summed E-state index contributed by atoms with van der Waals surface area (Å²) in [6.07, 6.45) is 6.32. The van der Waals surface area contributed by atoms with Gasteiger partial charge in [0.25, 0.3) is 0 Å². The number of benzene rings is 2.